The van der Waals surface area contributed by atoms with Crippen molar-refractivity contribution in [1.82, 2.24) is 10.2 Å². The van der Waals surface area contributed by atoms with Crippen LogP contribution < -0.4 is 20.1 Å². The standard InChI is InChI=1S/C22H25N3O4/c1-28-18-9-16(10-19(12-18)29-2)23-22(27)25-13-15-8-17(25)11-20(15)24-21(26)14-6-4-3-5-7-14/h3-7,9-10,12,15,17,20H,8,11,13H2,1-2H3,(H,23,27)(H,24,26). The quantitative estimate of drug-likeness (QED) is 0.815. The third-order valence-corrected chi connectivity index (χ3v) is 5.76. The summed E-state index contributed by atoms with van der Waals surface area (Å²) in [6, 6.07) is 14.6. The summed E-state index contributed by atoms with van der Waals surface area (Å²) >= 11 is 0. The molecule has 0 aromatic heterocycles. The number of methoxy groups -OCH3 is 2. The molecule has 2 aliphatic rings. The van der Waals surface area contributed by atoms with Gasteiger partial charge in [0.2, 0.25) is 0 Å². The van der Waals surface area contributed by atoms with E-state index in [0.717, 1.165) is 12.8 Å². The highest BCUT2D eigenvalue weighted by Gasteiger charge is 2.47. The van der Waals surface area contributed by atoms with Gasteiger partial charge in [-0.15, -0.1) is 0 Å². The first-order chi connectivity index (χ1) is 14.1. The van der Waals surface area contributed by atoms with E-state index in [1.807, 2.05) is 35.2 Å². The fraction of sp³-hybridized carbons (Fsp3) is 0.364. The van der Waals surface area contributed by atoms with Crippen LogP contribution in [0.1, 0.15) is 23.2 Å². The number of hydrogen-bond donors (Lipinski definition) is 2. The van der Waals surface area contributed by atoms with Crippen molar-refractivity contribution in [1.29, 1.82) is 0 Å². The molecule has 29 heavy (non-hydrogen) atoms. The molecule has 152 valence electrons. The topological polar surface area (TPSA) is 79.9 Å². The van der Waals surface area contributed by atoms with Crippen molar-refractivity contribution in [2.24, 2.45) is 5.92 Å². The lowest BCUT2D eigenvalue weighted by molar-refractivity contribution is 0.0915. The van der Waals surface area contributed by atoms with Crippen molar-refractivity contribution in [3.05, 3.63) is 54.1 Å². The van der Waals surface area contributed by atoms with Gasteiger partial charge in [0.1, 0.15) is 11.5 Å². The van der Waals surface area contributed by atoms with Gasteiger partial charge in [0, 0.05) is 48.1 Å². The summed E-state index contributed by atoms with van der Waals surface area (Å²) in [6.07, 6.45) is 1.69. The Kier molecular flexibility index (Phi) is 5.29. The third kappa shape index (κ3) is 3.99. The average molecular weight is 395 g/mol. The summed E-state index contributed by atoms with van der Waals surface area (Å²) in [5.74, 6) is 1.46. The van der Waals surface area contributed by atoms with Gasteiger partial charge in [-0.3, -0.25) is 4.79 Å². The minimum absolute atomic E-state index is 0.0531. The molecule has 3 amide bonds. The second kappa shape index (κ2) is 8.03. The number of anilines is 1. The number of hydrogen-bond acceptors (Lipinski definition) is 4. The van der Waals surface area contributed by atoms with Gasteiger partial charge >= 0.3 is 6.03 Å². The van der Waals surface area contributed by atoms with Gasteiger partial charge in [-0.1, -0.05) is 18.2 Å². The van der Waals surface area contributed by atoms with Crippen LogP contribution in [0.25, 0.3) is 0 Å². The molecule has 3 atom stereocenters. The maximum atomic E-state index is 12.8. The Balaban J connectivity index is 1.36. The highest BCUT2D eigenvalue weighted by Crippen LogP contribution is 2.38. The Labute approximate surface area is 170 Å². The molecule has 3 unspecified atom stereocenters. The normalized spacial score (nSPS) is 22.3. The number of carbonyl (C=O) groups excluding carboxylic acids is 2. The molecule has 1 aliphatic carbocycles. The zero-order valence-electron chi connectivity index (χ0n) is 16.6. The molecule has 1 saturated carbocycles. The number of ether oxygens (including phenoxy) is 2. The number of rotatable bonds is 5. The number of likely N-dealkylation sites (tertiary alicyclic amines) is 1. The van der Waals surface area contributed by atoms with Crippen LogP contribution in [-0.4, -0.2) is 49.7 Å². The monoisotopic (exact) mass is 395 g/mol. The zero-order chi connectivity index (χ0) is 20.4. The van der Waals surface area contributed by atoms with E-state index in [9.17, 15) is 9.59 Å². The van der Waals surface area contributed by atoms with Crippen LogP contribution >= 0.6 is 0 Å². The van der Waals surface area contributed by atoms with Crippen LogP contribution in [-0.2, 0) is 0 Å². The highest BCUT2D eigenvalue weighted by atomic mass is 16.5. The molecule has 2 aromatic rings. The molecule has 0 radical (unpaired) electrons. The minimum atomic E-state index is -0.138. The zero-order valence-corrected chi connectivity index (χ0v) is 16.6. The molecule has 0 spiro atoms. The Hall–Kier alpha value is -3.22. The fourth-order valence-corrected chi connectivity index (χ4v) is 4.30. The first-order valence-corrected chi connectivity index (χ1v) is 9.74. The van der Waals surface area contributed by atoms with E-state index in [2.05, 4.69) is 10.6 Å². The largest absolute Gasteiger partial charge is 0.497 e. The predicted molar refractivity (Wildman–Crippen MR) is 109 cm³/mol. The van der Waals surface area contributed by atoms with E-state index in [1.165, 1.54) is 0 Å². The molecular weight excluding hydrogens is 370 g/mol. The molecule has 7 heteroatoms. The van der Waals surface area contributed by atoms with Crippen LogP contribution in [0.4, 0.5) is 10.5 Å². The number of benzene rings is 2. The number of piperidine rings is 1. The predicted octanol–water partition coefficient (Wildman–Crippen LogP) is 3.13. The first kappa shape index (κ1) is 19.1. The van der Waals surface area contributed by atoms with Gasteiger partial charge in [-0.05, 0) is 30.9 Å². The molecule has 2 N–H and O–H groups in total. The van der Waals surface area contributed by atoms with E-state index < -0.39 is 0 Å². The number of carbonyl (C=O) groups is 2. The molecule has 2 fully saturated rings. The maximum absolute atomic E-state index is 12.8. The Bertz CT molecular complexity index is 880. The first-order valence-electron chi connectivity index (χ1n) is 9.74. The Morgan fingerprint density at radius 2 is 1.69 bits per heavy atom. The van der Waals surface area contributed by atoms with Crippen molar-refractivity contribution in [3.63, 3.8) is 0 Å². The molecule has 1 saturated heterocycles. The summed E-state index contributed by atoms with van der Waals surface area (Å²) in [4.78, 5) is 27.1. The van der Waals surface area contributed by atoms with E-state index >= 15 is 0 Å². The van der Waals surface area contributed by atoms with Crippen molar-refractivity contribution < 1.29 is 19.1 Å². The number of nitrogens with one attached hydrogen (secondary N) is 2. The van der Waals surface area contributed by atoms with E-state index in [-0.39, 0.29) is 29.9 Å². The summed E-state index contributed by atoms with van der Waals surface area (Å²) < 4.78 is 10.5. The SMILES string of the molecule is COc1cc(NC(=O)N2CC3CC2CC3NC(=O)c2ccccc2)cc(OC)c1. The van der Waals surface area contributed by atoms with Crippen LogP contribution in [0, 0.1) is 5.92 Å². The lowest BCUT2D eigenvalue weighted by Crippen LogP contribution is -2.48. The minimum Gasteiger partial charge on any atom is -0.497 e. The molecule has 2 aromatic carbocycles. The maximum Gasteiger partial charge on any atom is 0.322 e. The Morgan fingerprint density at radius 1 is 1.00 bits per heavy atom. The molecule has 4 rings (SSSR count). The van der Waals surface area contributed by atoms with Gasteiger partial charge < -0.3 is 25.0 Å². The second-order valence-electron chi connectivity index (χ2n) is 7.52. The van der Waals surface area contributed by atoms with Crippen molar-refractivity contribution in [3.8, 4) is 11.5 Å². The van der Waals surface area contributed by atoms with Gasteiger partial charge in [0.15, 0.2) is 0 Å². The van der Waals surface area contributed by atoms with Crippen molar-refractivity contribution in [2.75, 3.05) is 26.1 Å². The molecule has 1 aliphatic heterocycles. The summed E-state index contributed by atoms with van der Waals surface area (Å²) in [7, 11) is 3.15. The van der Waals surface area contributed by atoms with Gasteiger partial charge in [-0.25, -0.2) is 4.79 Å². The fourth-order valence-electron chi connectivity index (χ4n) is 4.30. The summed E-state index contributed by atoms with van der Waals surface area (Å²) in [6.45, 7) is 0.636. The summed E-state index contributed by atoms with van der Waals surface area (Å²) in [5, 5.41) is 6.07. The molecule has 2 bridgehead atoms. The van der Waals surface area contributed by atoms with E-state index in [0.29, 0.717) is 29.3 Å². The van der Waals surface area contributed by atoms with E-state index in [4.69, 9.17) is 9.47 Å². The van der Waals surface area contributed by atoms with Crippen LogP contribution in [0.2, 0.25) is 0 Å². The van der Waals surface area contributed by atoms with Crippen LogP contribution in [0.3, 0.4) is 0 Å². The third-order valence-electron chi connectivity index (χ3n) is 5.76. The molecular formula is C22H25N3O4. The molecule has 1 heterocycles. The lowest BCUT2D eigenvalue weighted by Gasteiger charge is -2.32. The average Bonchev–Trinajstić information content (AvgIpc) is 3.34. The smallest absolute Gasteiger partial charge is 0.322 e. The van der Waals surface area contributed by atoms with Crippen molar-refractivity contribution >= 4 is 17.6 Å². The van der Waals surface area contributed by atoms with Crippen LogP contribution in [0.5, 0.6) is 11.5 Å². The number of amides is 3. The molecule has 7 nitrogen and oxygen atoms in total. The number of urea groups is 1. The highest BCUT2D eigenvalue weighted by molar-refractivity contribution is 5.94. The van der Waals surface area contributed by atoms with Crippen molar-refractivity contribution in [2.45, 2.75) is 24.9 Å². The summed E-state index contributed by atoms with van der Waals surface area (Å²) in [5.41, 5.74) is 1.29. The van der Waals surface area contributed by atoms with E-state index in [1.54, 1.807) is 32.4 Å². The van der Waals surface area contributed by atoms with Gasteiger partial charge in [0.05, 0.1) is 14.2 Å². The second-order valence-corrected chi connectivity index (χ2v) is 7.52. The number of nitrogens with zero attached hydrogens (tertiary/aromatic N) is 1. The number of fused-ring (bicyclic) bond motifs is 2. The lowest BCUT2D eigenvalue weighted by atomic mass is 10.0. The van der Waals surface area contributed by atoms with Gasteiger partial charge in [-0.2, -0.15) is 0 Å². The van der Waals surface area contributed by atoms with Crippen LogP contribution in [0.15, 0.2) is 48.5 Å². The van der Waals surface area contributed by atoms with Gasteiger partial charge in [0.25, 0.3) is 5.91 Å². The Morgan fingerprint density at radius 3 is 2.28 bits per heavy atom.